The molecule has 0 bridgehead atoms. The molecule has 0 radical (unpaired) electrons. The highest BCUT2D eigenvalue weighted by Crippen LogP contribution is 2.17. The van der Waals surface area contributed by atoms with Gasteiger partial charge in [-0.3, -0.25) is 0 Å². The Morgan fingerprint density at radius 3 is 2.61 bits per heavy atom. The minimum atomic E-state index is -3.34. The van der Waals surface area contributed by atoms with Crippen molar-refractivity contribution in [3.8, 4) is 0 Å². The number of nitrogens with one attached hydrogen (secondary N) is 2. The van der Waals surface area contributed by atoms with Gasteiger partial charge in [0.2, 0.25) is 0 Å². The standard InChI is InChI=1S/C11H17N3O2S.ClH/c1-14(2)17(15,16)13-6-9-3-4-10-7-12-8-11(10)5-9;/h3-5,12-13H,6-8H2,1-2H3;1H. The second-order valence-electron chi connectivity index (χ2n) is 4.32. The summed E-state index contributed by atoms with van der Waals surface area (Å²) in [5.74, 6) is 0. The van der Waals surface area contributed by atoms with Gasteiger partial charge in [-0.15, -0.1) is 12.4 Å². The van der Waals surface area contributed by atoms with Gasteiger partial charge in [-0.05, 0) is 16.7 Å². The van der Waals surface area contributed by atoms with Crippen LogP contribution in [0, 0.1) is 0 Å². The molecule has 1 aromatic rings. The van der Waals surface area contributed by atoms with Gasteiger partial charge in [-0.25, -0.2) is 0 Å². The smallest absolute Gasteiger partial charge is 0.279 e. The zero-order chi connectivity index (χ0) is 12.5. The predicted octanol–water partition coefficient (Wildman–Crippen LogP) is 0.608. The summed E-state index contributed by atoms with van der Waals surface area (Å²) >= 11 is 0. The Hall–Kier alpha value is -0.660. The van der Waals surface area contributed by atoms with E-state index >= 15 is 0 Å². The first kappa shape index (κ1) is 15.4. The number of halogens is 1. The number of fused-ring (bicyclic) bond motifs is 1. The van der Waals surface area contributed by atoms with Gasteiger partial charge in [0.1, 0.15) is 0 Å². The Morgan fingerprint density at radius 1 is 1.28 bits per heavy atom. The van der Waals surface area contributed by atoms with Gasteiger partial charge in [-0.1, -0.05) is 18.2 Å². The maximum Gasteiger partial charge on any atom is 0.279 e. The van der Waals surface area contributed by atoms with E-state index in [2.05, 4.69) is 16.1 Å². The van der Waals surface area contributed by atoms with Gasteiger partial charge in [0.25, 0.3) is 10.2 Å². The van der Waals surface area contributed by atoms with E-state index in [-0.39, 0.29) is 12.4 Å². The van der Waals surface area contributed by atoms with Crippen LogP contribution < -0.4 is 10.0 Å². The lowest BCUT2D eigenvalue weighted by atomic mass is 10.1. The minimum absolute atomic E-state index is 0. The van der Waals surface area contributed by atoms with Crippen LogP contribution in [-0.2, 0) is 29.8 Å². The first-order valence-corrected chi connectivity index (χ1v) is 6.91. The molecule has 0 amide bonds. The van der Waals surface area contributed by atoms with Crippen molar-refractivity contribution in [3.63, 3.8) is 0 Å². The average Bonchev–Trinajstić information content (AvgIpc) is 2.73. The first-order chi connectivity index (χ1) is 7.99. The lowest BCUT2D eigenvalue weighted by molar-refractivity contribution is 0.505. The van der Waals surface area contributed by atoms with Crippen molar-refractivity contribution in [1.29, 1.82) is 0 Å². The molecule has 0 aromatic heterocycles. The second-order valence-corrected chi connectivity index (χ2v) is 6.28. The highest BCUT2D eigenvalue weighted by atomic mass is 35.5. The largest absolute Gasteiger partial charge is 0.309 e. The van der Waals surface area contributed by atoms with E-state index in [1.54, 1.807) is 0 Å². The average molecular weight is 292 g/mol. The number of hydrogen-bond acceptors (Lipinski definition) is 3. The van der Waals surface area contributed by atoms with Crippen LogP contribution in [0.4, 0.5) is 0 Å². The van der Waals surface area contributed by atoms with Gasteiger partial charge >= 0.3 is 0 Å². The van der Waals surface area contributed by atoms with Gasteiger partial charge in [0, 0.05) is 33.7 Å². The zero-order valence-electron chi connectivity index (χ0n) is 10.4. The molecule has 0 aliphatic carbocycles. The van der Waals surface area contributed by atoms with Crippen LogP contribution in [0.1, 0.15) is 16.7 Å². The highest BCUT2D eigenvalue weighted by molar-refractivity contribution is 7.87. The van der Waals surface area contributed by atoms with E-state index in [9.17, 15) is 8.42 Å². The molecular formula is C11H18ClN3O2S. The Bertz CT molecular complexity index is 517. The molecule has 18 heavy (non-hydrogen) atoms. The maximum atomic E-state index is 11.5. The van der Waals surface area contributed by atoms with Crippen molar-refractivity contribution in [2.45, 2.75) is 19.6 Å². The number of nitrogens with zero attached hydrogens (tertiary/aromatic N) is 1. The third kappa shape index (κ3) is 3.43. The Labute approximate surface area is 114 Å². The lowest BCUT2D eigenvalue weighted by Crippen LogP contribution is -2.35. The molecule has 0 saturated carbocycles. The second kappa shape index (κ2) is 5.99. The van der Waals surface area contributed by atoms with Crippen molar-refractivity contribution >= 4 is 22.6 Å². The summed E-state index contributed by atoms with van der Waals surface area (Å²) in [6, 6.07) is 6.06. The molecule has 7 heteroatoms. The third-order valence-corrected chi connectivity index (χ3v) is 4.31. The number of benzene rings is 1. The predicted molar refractivity (Wildman–Crippen MR) is 73.7 cm³/mol. The summed E-state index contributed by atoms with van der Waals surface area (Å²) in [5.41, 5.74) is 3.54. The molecule has 2 N–H and O–H groups in total. The maximum absolute atomic E-state index is 11.5. The van der Waals surface area contributed by atoms with Crippen molar-refractivity contribution < 1.29 is 8.42 Å². The first-order valence-electron chi connectivity index (χ1n) is 5.47. The molecule has 1 aliphatic heterocycles. The molecule has 1 heterocycles. The summed E-state index contributed by atoms with van der Waals surface area (Å²) in [5, 5.41) is 3.26. The van der Waals surface area contributed by atoms with E-state index < -0.39 is 10.2 Å². The van der Waals surface area contributed by atoms with E-state index in [0.717, 1.165) is 18.7 Å². The van der Waals surface area contributed by atoms with E-state index in [0.29, 0.717) is 6.54 Å². The molecule has 0 atom stereocenters. The molecule has 102 valence electrons. The van der Waals surface area contributed by atoms with Gasteiger partial charge < -0.3 is 5.32 Å². The van der Waals surface area contributed by atoms with Crippen LogP contribution in [0.25, 0.3) is 0 Å². The fourth-order valence-corrected chi connectivity index (χ4v) is 2.37. The van der Waals surface area contributed by atoms with E-state index in [4.69, 9.17) is 0 Å². The van der Waals surface area contributed by atoms with Crippen molar-refractivity contribution in [2.75, 3.05) is 14.1 Å². The summed E-state index contributed by atoms with van der Waals surface area (Å²) < 4.78 is 26.8. The van der Waals surface area contributed by atoms with Crippen LogP contribution >= 0.6 is 12.4 Å². The van der Waals surface area contributed by atoms with Crippen molar-refractivity contribution in [3.05, 3.63) is 34.9 Å². The molecule has 0 saturated heterocycles. The highest BCUT2D eigenvalue weighted by Gasteiger charge is 2.14. The minimum Gasteiger partial charge on any atom is -0.309 e. The quantitative estimate of drug-likeness (QED) is 0.854. The Kier molecular flexibility index (Phi) is 5.12. The normalized spacial score (nSPS) is 14.4. The van der Waals surface area contributed by atoms with Crippen LogP contribution in [0.3, 0.4) is 0 Å². The van der Waals surface area contributed by atoms with Gasteiger partial charge in [0.05, 0.1) is 0 Å². The number of hydrogen-bond donors (Lipinski definition) is 2. The van der Waals surface area contributed by atoms with Crippen LogP contribution in [-0.4, -0.2) is 26.8 Å². The SMILES string of the molecule is CN(C)S(=O)(=O)NCc1ccc2c(c1)CNC2.Cl. The van der Waals surface area contributed by atoms with Gasteiger partial charge in [0.15, 0.2) is 0 Å². The van der Waals surface area contributed by atoms with E-state index in [1.165, 1.54) is 29.5 Å². The summed E-state index contributed by atoms with van der Waals surface area (Å²) in [6.07, 6.45) is 0. The van der Waals surface area contributed by atoms with Crippen LogP contribution in [0.2, 0.25) is 0 Å². The molecule has 5 nitrogen and oxygen atoms in total. The fourth-order valence-electron chi connectivity index (χ4n) is 1.76. The third-order valence-electron chi connectivity index (χ3n) is 2.84. The summed E-state index contributed by atoms with van der Waals surface area (Å²) in [4.78, 5) is 0. The van der Waals surface area contributed by atoms with E-state index in [1.807, 2.05) is 12.1 Å². The fraction of sp³-hybridized carbons (Fsp3) is 0.455. The number of rotatable bonds is 4. The summed E-state index contributed by atoms with van der Waals surface area (Å²) in [6.45, 7) is 2.09. The van der Waals surface area contributed by atoms with Crippen molar-refractivity contribution in [1.82, 2.24) is 14.3 Å². The molecule has 0 fully saturated rings. The van der Waals surface area contributed by atoms with Crippen molar-refractivity contribution in [2.24, 2.45) is 0 Å². The molecule has 0 spiro atoms. The monoisotopic (exact) mass is 291 g/mol. The molecule has 1 aromatic carbocycles. The zero-order valence-corrected chi connectivity index (χ0v) is 12.1. The van der Waals surface area contributed by atoms with Crippen LogP contribution in [0.5, 0.6) is 0 Å². The Balaban J connectivity index is 0.00000162. The Morgan fingerprint density at radius 2 is 1.94 bits per heavy atom. The lowest BCUT2D eigenvalue weighted by Gasteiger charge is -2.12. The van der Waals surface area contributed by atoms with Crippen LogP contribution in [0.15, 0.2) is 18.2 Å². The molecule has 2 rings (SSSR count). The van der Waals surface area contributed by atoms with Gasteiger partial charge in [-0.2, -0.15) is 17.4 Å². The summed E-state index contributed by atoms with van der Waals surface area (Å²) in [7, 11) is -0.325. The molecular weight excluding hydrogens is 274 g/mol. The molecule has 0 unspecified atom stereocenters. The molecule has 1 aliphatic rings. The topological polar surface area (TPSA) is 61.4 Å².